The Morgan fingerprint density at radius 3 is 2.88 bits per heavy atom. The van der Waals surface area contributed by atoms with Crippen molar-refractivity contribution in [1.29, 1.82) is 0 Å². The molecule has 0 amide bonds. The summed E-state index contributed by atoms with van der Waals surface area (Å²) >= 11 is 0. The second-order valence-electron chi connectivity index (χ2n) is 4.67. The van der Waals surface area contributed by atoms with Gasteiger partial charge >= 0.3 is 0 Å². The largest absolute Gasteiger partial charge is 0.370 e. The van der Waals surface area contributed by atoms with Crippen LogP contribution in [0.4, 0.5) is 0 Å². The molecule has 0 spiro atoms. The zero-order chi connectivity index (χ0) is 12.1. The Bertz CT molecular complexity index is 372. The number of nitrogens with one attached hydrogen (secondary N) is 1. The molecule has 3 N–H and O–H groups in total. The van der Waals surface area contributed by atoms with Crippen molar-refractivity contribution in [1.82, 2.24) is 5.32 Å². The van der Waals surface area contributed by atoms with Crippen LogP contribution in [-0.2, 0) is 0 Å². The van der Waals surface area contributed by atoms with Crippen LogP contribution >= 0.6 is 0 Å². The second kappa shape index (κ2) is 5.71. The van der Waals surface area contributed by atoms with E-state index in [2.05, 4.69) is 47.6 Å². The summed E-state index contributed by atoms with van der Waals surface area (Å²) in [4.78, 5) is 4.38. The lowest BCUT2D eigenvalue weighted by atomic mass is 10.1. The fourth-order valence-electron chi connectivity index (χ4n) is 2.08. The summed E-state index contributed by atoms with van der Waals surface area (Å²) in [5.74, 6) is 1.96. The standard InChI is InChI=1S/C14H21N3/c1-2-8-16-14(15)17-10-12-9-13(12)11-6-4-3-5-7-11/h3-7,12-13H,2,8-10H2,1H3,(H3,15,16,17). The summed E-state index contributed by atoms with van der Waals surface area (Å²) in [6.07, 6.45) is 2.32. The Hall–Kier alpha value is -1.51. The van der Waals surface area contributed by atoms with E-state index in [0.29, 0.717) is 17.8 Å². The molecule has 1 aromatic rings. The lowest BCUT2D eigenvalue weighted by Gasteiger charge is -2.03. The molecule has 1 aromatic carbocycles. The fourth-order valence-corrected chi connectivity index (χ4v) is 2.08. The number of rotatable bonds is 5. The predicted molar refractivity (Wildman–Crippen MR) is 72.1 cm³/mol. The highest BCUT2D eigenvalue weighted by atomic mass is 15.1. The smallest absolute Gasteiger partial charge is 0.188 e. The number of aliphatic imine (C=N–C) groups is 1. The summed E-state index contributed by atoms with van der Waals surface area (Å²) in [7, 11) is 0. The van der Waals surface area contributed by atoms with Crippen molar-refractivity contribution in [2.45, 2.75) is 25.7 Å². The van der Waals surface area contributed by atoms with E-state index in [-0.39, 0.29) is 0 Å². The molecule has 92 valence electrons. The van der Waals surface area contributed by atoms with E-state index in [4.69, 9.17) is 5.73 Å². The van der Waals surface area contributed by atoms with E-state index >= 15 is 0 Å². The topological polar surface area (TPSA) is 50.4 Å². The Morgan fingerprint density at radius 2 is 2.18 bits per heavy atom. The SMILES string of the molecule is CCCNC(N)=NCC1CC1c1ccccc1. The quantitative estimate of drug-likeness (QED) is 0.602. The maximum absolute atomic E-state index is 5.76. The summed E-state index contributed by atoms with van der Waals surface area (Å²) in [5, 5.41) is 3.10. The summed E-state index contributed by atoms with van der Waals surface area (Å²) in [6, 6.07) is 10.7. The van der Waals surface area contributed by atoms with Crippen molar-refractivity contribution in [3.8, 4) is 0 Å². The highest BCUT2D eigenvalue weighted by Gasteiger charge is 2.37. The van der Waals surface area contributed by atoms with Gasteiger partial charge in [-0.1, -0.05) is 37.3 Å². The monoisotopic (exact) mass is 231 g/mol. The van der Waals surface area contributed by atoms with Gasteiger partial charge in [0.05, 0.1) is 0 Å². The molecule has 17 heavy (non-hydrogen) atoms. The first-order chi connectivity index (χ1) is 8.31. The maximum atomic E-state index is 5.76. The van der Waals surface area contributed by atoms with Crippen molar-refractivity contribution >= 4 is 5.96 Å². The molecule has 2 unspecified atom stereocenters. The van der Waals surface area contributed by atoms with Crippen LogP contribution in [0, 0.1) is 5.92 Å². The lowest BCUT2D eigenvalue weighted by molar-refractivity contribution is 0.784. The average molecular weight is 231 g/mol. The average Bonchev–Trinajstić information content (AvgIpc) is 3.14. The molecule has 1 fully saturated rings. The Kier molecular flexibility index (Phi) is 4.02. The lowest BCUT2D eigenvalue weighted by Crippen LogP contribution is -2.32. The van der Waals surface area contributed by atoms with Gasteiger partial charge < -0.3 is 11.1 Å². The Labute approximate surface area is 103 Å². The molecule has 2 rings (SSSR count). The molecule has 0 bridgehead atoms. The van der Waals surface area contributed by atoms with Crippen molar-refractivity contribution in [2.75, 3.05) is 13.1 Å². The first-order valence-corrected chi connectivity index (χ1v) is 6.40. The van der Waals surface area contributed by atoms with Crippen LogP contribution in [0.5, 0.6) is 0 Å². The van der Waals surface area contributed by atoms with Crippen molar-refractivity contribution in [3.05, 3.63) is 35.9 Å². The number of hydrogen-bond acceptors (Lipinski definition) is 1. The number of guanidine groups is 1. The van der Waals surface area contributed by atoms with Gasteiger partial charge in [0, 0.05) is 13.1 Å². The number of nitrogens with two attached hydrogens (primary N) is 1. The Balaban J connectivity index is 1.77. The molecule has 0 aliphatic heterocycles. The number of benzene rings is 1. The highest BCUT2D eigenvalue weighted by molar-refractivity contribution is 5.77. The van der Waals surface area contributed by atoms with Gasteiger partial charge in [-0.15, -0.1) is 0 Å². The highest BCUT2D eigenvalue weighted by Crippen LogP contribution is 2.47. The fraction of sp³-hybridized carbons (Fsp3) is 0.500. The van der Waals surface area contributed by atoms with Crippen LogP contribution in [0.2, 0.25) is 0 Å². The van der Waals surface area contributed by atoms with E-state index in [1.54, 1.807) is 0 Å². The summed E-state index contributed by atoms with van der Waals surface area (Å²) in [6.45, 7) is 3.87. The minimum Gasteiger partial charge on any atom is -0.370 e. The molecule has 0 aromatic heterocycles. The van der Waals surface area contributed by atoms with Crippen LogP contribution in [0.25, 0.3) is 0 Å². The maximum Gasteiger partial charge on any atom is 0.188 e. The van der Waals surface area contributed by atoms with Crippen molar-refractivity contribution < 1.29 is 0 Å². The van der Waals surface area contributed by atoms with Gasteiger partial charge in [0.25, 0.3) is 0 Å². The summed E-state index contributed by atoms with van der Waals surface area (Å²) in [5.41, 5.74) is 7.20. The van der Waals surface area contributed by atoms with E-state index in [0.717, 1.165) is 19.5 Å². The van der Waals surface area contributed by atoms with Gasteiger partial charge in [0.1, 0.15) is 0 Å². The first kappa shape index (κ1) is 12.0. The molecular formula is C14H21N3. The van der Waals surface area contributed by atoms with Crippen molar-refractivity contribution in [2.24, 2.45) is 16.6 Å². The van der Waals surface area contributed by atoms with E-state index in [1.807, 2.05) is 0 Å². The number of nitrogens with zero attached hydrogens (tertiary/aromatic N) is 1. The predicted octanol–water partition coefficient (Wildman–Crippen LogP) is 2.10. The Morgan fingerprint density at radius 1 is 1.41 bits per heavy atom. The van der Waals surface area contributed by atoms with Crippen LogP contribution in [0.1, 0.15) is 31.2 Å². The van der Waals surface area contributed by atoms with Gasteiger partial charge in [0.15, 0.2) is 5.96 Å². The van der Waals surface area contributed by atoms with E-state index in [1.165, 1.54) is 12.0 Å². The third-order valence-electron chi connectivity index (χ3n) is 3.20. The zero-order valence-electron chi connectivity index (χ0n) is 10.4. The molecule has 2 atom stereocenters. The minimum absolute atomic E-state index is 0.588. The molecule has 1 saturated carbocycles. The van der Waals surface area contributed by atoms with Crippen molar-refractivity contribution in [3.63, 3.8) is 0 Å². The van der Waals surface area contributed by atoms with Gasteiger partial charge in [-0.2, -0.15) is 0 Å². The molecule has 3 nitrogen and oxygen atoms in total. The van der Waals surface area contributed by atoms with E-state index in [9.17, 15) is 0 Å². The normalized spacial score (nSPS) is 23.5. The first-order valence-electron chi connectivity index (χ1n) is 6.40. The third kappa shape index (κ3) is 3.48. The molecule has 1 aliphatic carbocycles. The van der Waals surface area contributed by atoms with Crippen LogP contribution in [0.15, 0.2) is 35.3 Å². The molecule has 0 radical (unpaired) electrons. The molecule has 0 heterocycles. The van der Waals surface area contributed by atoms with Gasteiger partial charge in [-0.25, -0.2) is 0 Å². The minimum atomic E-state index is 0.588. The van der Waals surface area contributed by atoms with E-state index < -0.39 is 0 Å². The van der Waals surface area contributed by atoms with Gasteiger partial charge in [-0.05, 0) is 30.2 Å². The van der Waals surface area contributed by atoms with Crippen LogP contribution in [0.3, 0.4) is 0 Å². The second-order valence-corrected chi connectivity index (χ2v) is 4.67. The van der Waals surface area contributed by atoms with Crippen LogP contribution in [-0.4, -0.2) is 19.0 Å². The molecule has 3 heteroatoms. The zero-order valence-corrected chi connectivity index (χ0v) is 10.4. The molecular weight excluding hydrogens is 210 g/mol. The third-order valence-corrected chi connectivity index (χ3v) is 3.20. The number of hydrogen-bond donors (Lipinski definition) is 2. The molecule has 0 saturated heterocycles. The van der Waals surface area contributed by atoms with Gasteiger partial charge in [0.2, 0.25) is 0 Å². The van der Waals surface area contributed by atoms with Gasteiger partial charge in [-0.3, -0.25) is 4.99 Å². The molecule has 1 aliphatic rings. The summed E-state index contributed by atoms with van der Waals surface area (Å²) < 4.78 is 0. The van der Waals surface area contributed by atoms with Crippen LogP contribution < -0.4 is 11.1 Å².